The van der Waals surface area contributed by atoms with Crippen LogP contribution in [0.4, 0.5) is 0 Å². The predicted octanol–water partition coefficient (Wildman–Crippen LogP) is 3.25. The van der Waals surface area contributed by atoms with Crippen LogP contribution in [0.3, 0.4) is 0 Å². The molecule has 1 amide bonds. The molecule has 0 aliphatic heterocycles. The third-order valence-electron chi connectivity index (χ3n) is 4.87. The lowest BCUT2D eigenvalue weighted by Gasteiger charge is -2.30. The van der Waals surface area contributed by atoms with Crippen LogP contribution in [0.25, 0.3) is 0 Å². The SMILES string of the molecule is CC(C=O)c1cccc(C2CCCC(NC(=O)/C=C/CN(C)C)C2)c1. The van der Waals surface area contributed by atoms with E-state index in [1.54, 1.807) is 6.08 Å². The van der Waals surface area contributed by atoms with Gasteiger partial charge in [0.2, 0.25) is 5.91 Å². The molecule has 1 aromatic rings. The molecule has 1 N–H and O–H groups in total. The minimum Gasteiger partial charge on any atom is -0.350 e. The molecule has 1 aliphatic carbocycles. The first kappa shape index (κ1) is 19.4. The van der Waals surface area contributed by atoms with Crippen molar-refractivity contribution in [3.05, 3.63) is 47.5 Å². The Bertz CT molecular complexity index is 610. The Morgan fingerprint density at radius 1 is 1.36 bits per heavy atom. The van der Waals surface area contributed by atoms with Gasteiger partial charge < -0.3 is 15.0 Å². The van der Waals surface area contributed by atoms with Gasteiger partial charge in [0.15, 0.2) is 0 Å². The first-order valence-corrected chi connectivity index (χ1v) is 9.16. The number of nitrogens with zero attached hydrogens (tertiary/aromatic N) is 1. The van der Waals surface area contributed by atoms with Gasteiger partial charge >= 0.3 is 0 Å². The average molecular weight is 342 g/mol. The van der Waals surface area contributed by atoms with Crippen LogP contribution in [0.2, 0.25) is 0 Å². The largest absolute Gasteiger partial charge is 0.350 e. The number of benzene rings is 1. The van der Waals surface area contributed by atoms with Gasteiger partial charge in [-0.05, 0) is 50.4 Å². The fraction of sp³-hybridized carbons (Fsp3) is 0.524. The van der Waals surface area contributed by atoms with E-state index in [9.17, 15) is 9.59 Å². The van der Waals surface area contributed by atoms with E-state index >= 15 is 0 Å². The van der Waals surface area contributed by atoms with Crippen molar-refractivity contribution < 1.29 is 9.59 Å². The molecule has 136 valence electrons. The molecule has 0 bridgehead atoms. The maximum atomic E-state index is 12.1. The summed E-state index contributed by atoms with van der Waals surface area (Å²) in [5, 5.41) is 3.14. The number of aldehydes is 1. The number of rotatable bonds is 7. The first-order valence-electron chi connectivity index (χ1n) is 9.16. The second-order valence-corrected chi connectivity index (χ2v) is 7.33. The van der Waals surface area contributed by atoms with E-state index in [1.165, 1.54) is 5.56 Å². The highest BCUT2D eigenvalue weighted by atomic mass is 16.1. The van der Waals surface area contributed by atoms with E-state index in [0.717, 1.165) is 44.1 Å². The molecule has 3 unspecified atom stereocenters. The lowest BCUT2D eigenvalue weighted by atomic mass is 9.80. The molecular formula is C21H30N2O2. The zero-order chi connectivity index (χ0) is 18.2. The van der Waals surface area contributed by atoms with Crippen molar-refractivity contribution in [2.45, 2.75) is 50.5 Å². The van der Waals surface area contributed by atoms with Crippen molar-refractivity contribution in [2.24, 2.45) is 0 Å². The van der Waals surface area contributed by atoms with E-state index < -0.39 is 0 Å². The Labute approximate surface area is 151 Å². The van der Waals surface area contributed by atoms with Crippen LogP contribution in [-0.2, 0) is 9.59 Å². The van der Waals surface area contributed by atoms with Gasteiger partial charge in [0.05, 0.1) is 0 Å². The normalized spacial score (nSPS) is 22.1. The average Bonchev–Trinajstić information content (AvgIpc) is 2.61. The maximum absolute atomic E-state index is 12.1. The molecule has 3 atom stereocenters. The summed E-state index contributed by atoms with van der Waals surface area (Å²) < 4.78 is 0. The molecular weight excluding hydrogens is 312 g/mol. The fourth-order valence-electron chi connectivity index (χ4n) is 3.42. The standard InChI is InChI=1S/C21H30N2O2/c1-16(15-24)17-7-4-8-18(13-17)19-9-5-10-20(14-19)22-21(25)11-6-12-23(2)3/h4,6-8,11,13,15-16,19-20H,5,9-10,12,14H2,1-3H3,(H,22,25)/b11-6+. The Morgan fingerprint density at radius 3 is 2.88 bits per heavy atom. The summed E-state index contributed by atoms with van der Waals surface area (Å²) in [5.74, 6) is 0.375. The van der Waals surface area contributed by atoms with Crippen LogP contribution in [0.15, 0.2) is 36.4 Å². The molecule has 1 aliphatic rings. The molecule has 25 heavy (non-hydrogen) atoms. The number of carbonyl (C=O) groups is 2. The Kier molecular flexibility index (Phi) is 7.38. The van der Waals surface area contributed by atoms with E-state index in [2.05, 4.69) is 17.4 Å². The summed E-state index contributed by atoms with van der Waals surface area (Å²) in [6.45, 7) is 2.69. The summed E-state index contributed by atoms with van der Waals surface area (Å²) >= 11 is 0. The number of amides is 1. The summed E-state index contributed by atoms with van der Waals surface area (Å²) in [4.78, 5) is 25.1. The molecule has 0 aromatic heterocycles. The van der Waals surface area contributed by atoms with Crippen LogP contribution < -0.4 is 5.32 Å². The van der Waals surface area contributed by atoms with Gasteiger partial charge in [-0.2, -0.15) is 0 Å². The Morgan fingerprint density at radius 2 is 2.16 bits per heavy atom. The van der Waals surface area contributed by atoms with Gasteiger partial charge in [-0.25, -0.2) is 0 Å². The van der Waals surface area contributed by atoms with Crippen molar-refractivity contribution in [2.75, 3.05) is 20.6 Å². The molecule has 1 aromatic carbocycles. The Balaban J connectivity index is 1.95. The van der Waals surface area contributed by atoms with Crippen molar-refractivity contribution in [3.8, 4) is 0 Å². The van der Waals surface area contributed by atoms with Crippen LogP contribution in [0.5, 0.6) is 0 Å². The van der Waals surface area contributed by atoms with Crippen molar-refractivity contribution >= 4 is 12.2 Å². The number of carbonyl (C=O) groups excluding carboxylic acids is 2. The van der Waals surface area contributed by atoms with Gasteiger partial charge in [0.25, 0.3) is 0 Å². The molecule has 4 nitrogen and oxygen atoms in total. The zero-order valence-electron chi connectivity index (χ0n) is 15.6. The second-order valence-electron chi connectivity index (χ2n) is 7.33. The van der Waals surface area contributed by atoms with Crippen LogP contribution in [0.1, 0.15) is 55.6 Å². The third kappa shape index (κ3) is 6.13. The fourth-order valence-corrected chi connectivity index (χ4v) is 3.42. The number of nitrogens with one attached hydrogen (secondary N) is 1. The molecule has 4 heteroatoms. The molecule has 0 heterocycles. The Hall–Kier alpha value is -1.94. The van der Waals surface area contributed by atoms with E-state index in [0.29, 0.717) is 5.92 Å². The maximum Gasteiger partial charge on any atom is 0.243 e. The molecule has 2 rings (SSSR count). The lowest BCUT2D eigenvalue weighted by Crippen LogP contribution is -2.37. The van der Waals surface area contributed by atoms with E-state index in [4.69, 9.17) is 0 Å². The van der Waals surface area contributed by atoms with Crippen LogP contribution in [-0.4, -0.2) is 43.8 Å². The van der Waals surface area contributed by atoms with E-state index in [-0.39, 0.29) is 17.9 Å². The van der Waals surface area contributed by atoms with Crippen molar-refractivity contribution in [3.63, 3.8) is 0 Å². The third-order valence-corrected chi connectivity index (χ3v) is 4.87. The topological polar surface area (TPSA) is 49.4 Å². The summed E-state index contributed by atoms with van der Waals surface area (Å²) in [7, 11) is 3.96. The molecule has 0 saturated heterocycles. The number of likely N-dealkylation sites (N-methyl/N-ethyl adjacent to an activating group) is 1. The summed E-state index contributed by atoms with van der Waals surface area (Å²) in [6, 6.07) is 8.58. The van der Waals surface area contributed by atoms with E-state index in [1.807, 2.05) is 44.1 Å². The quantitative estimate of drug-likeness (QED) is 0.611. The summed E-state index contributed by atoms with van der Waals surface area (Å²) in [5.41, 5.74) is 2.36. The van der Waals surface area contributed by atoms with Gasteiger partial charge in [-0.1, -0.05) is 43.7 Å². The molecule has 0 spiro atoms. The highest BCUT2D eigenvalue weighted by Gasteiger charge is 2.24. The highest BCUT2D eigenvalue weighted by Crippen LogP contribution is 2.34. The van der Waals surface area contributed by atoms with Crippen molar-refractivity contribution in [1.29, 1.82) is 0 Å². The minimum absolute atomic E-state index is 0.00386. The lowest BCUT2D eigenvalue weighted by molar-refractivity contribution is -0.117. The molecule has 1 saturated carbocycles. The summed E-state index contributed by atoms with van der Waals surface area (Å²) in [6.07, 6.45) is 8.77. The monoisotopic (exact) mass is 342 g/mol. The van der Waals surface area contributed by atoms with Gasteiger partial charge in [0.1, 0.15) is 6.29 Å². The second kappa shape index (κ2) is 9.52. The van der Waals surface area contributed by atoms with Gasteiger partial charge in [-0.3, -0.25) is 4.79 Å². The van der Waals surface area contributed by atoms with Crippen LogP contribution in [0, 0.1) is 0 Å². The minimum atomic E-state index is -0.0686. The number of hydrogen-bond donors (Lipinski definition) is 1. The van der Waals surface area contributed by atoms with Crippen LogP contribution >= 0.6 is 0 Å². The molecule has 0 radical (unpaired) electrons. The predicted molar refractivity (Wildman–Crippen MR) is 102 cm³/mol. The van der Waals surface area contributed by atoms with Gasteiger partial charge in [0, 0.05) is 24.6 Å². The van der Waals surface area contributed by atoms with Crippen molar-refractivity contribution in [1.82, 2.24) is 10.2 Å². The zero-order valence-corrected chi connectivity index (χ0v) is 15.6. The smallest absolute Gasteiger partial charge is 0.243 e. The number of hydrogen-bond acceptors (Lipinski definition) is 3. The van der Waals surface area contributed by atoms with Gasteiger partial charge in [-0.15, -0.1) is 0 Å². The highest BCUT2D eigenvalue weighted by molar-refractivity contribution is 5.87. The first-order chi connectivity index (χ1) is 12.0. The molecule has 1 fully saturated rings.